The van der Waals surface area contributed by atoms with Crippen LogP contribution in [0.15, 0.2) is 45.9 Å². The lowest BCUT2D eigenvalue weighted by atomic mass is 10.1. The zero-order valence-electron chi connectivity index (χ0n) is 17.3. The van der Waals surface area contributed by atoms with Gasteiger partial charge in [0.25, 0.3) is 5.91 Å². The first-order chi connectivity index (χ1) is 15.3. The smallest absolute Gasteiger partial charge is 0.271 e. The predicted octanol–water partition coefficient (Wildman–Crippen LogP) is 2.70. The van der Waals surface area contributed by atoms with E-state index in [1.54, 1.807) is 12.1 Å². The van der Waals surface area contributed by atoms with E-state index in [2.05, 4.69) is 10.4 Å². The predicted molar refractivity (Wildman–Crippen MR) is 119 cm³/mol. The minimum absolute atomic E-state index is 0.0210. The number of hydrazone groups is 1. The molecule has 1 aromatic heterocycles. The Bertz CT molecular complexity index is 1390. The minimum Gasteiger partial charge on any atom is -0.495 e. The van der Waals surface area contributed by atoms with E-state index in [4.69, 9.17) is 9.15 Å². The van der Waals surface area contributed by atoms with E-state index in [0.717, 1.165) is 16.4 Å². The van der Waals surface area contributed by atoms with Gasteiger partial charge in [-0.05, 0) is 18.6 Å². The van der Waals surface area contributed by atoms with Crippen molar-refractivity contribution in [2.45, 2.75) is 25.3 Å². The summed E-state index contributed by atoms with van der Waals surface area (Å²) in [5, 5.41) is 9.99. The molecule has 0 aliphatic carbocycles. The first-order valence-corrected chi connectivity index (χ1v) is 12.1. The maximum absolute atomic E-state index is 13.0. The Hall–Kier alpha value is -3.40. The van der Waals surface area contributed by atoms with Gasteiger partial charge in [-0.2, -0.15) is 5.10 Å². The van der Waals surface area contributed by atoms with Gasteiger partial charge < -0.3 is 14.5 Å². The van der Waals surface area contributed by atoms with Crippen LogP contribution in [0.2, 0.25) is 0 Å². The number of amides is 2. The van der Waals surface area contributed by atoms with Crippen molar-refractivity contribution in [2.75, 3.05) is 23.9 Å². The summed E-state index contributed by atoms with van der Waals surface area (Å²) in [5.74, 6) is -0.397. The molecule has 10 heteroatoms. The van der Waals surface area contributed by atoms with Gasteiger partial charge in [-0.15, -0.1) is 0 Å². The van der Waals surface area contributed by atoms with Crippen molar-refractivity contribution in [3.8, 4) is 5.75 Å². The Kier molecular flexibility index (Phi) is 4.89. The van der Waals surface area contributed by atoms with Gasteiger partial charge in [0.05, 0.1) is 30.3 Å². The summed E-state index contributed by atoms with van der Waals surface area (Å²) in [6.07, 6.45) is 0.599. The molecule has 0 saturated carbocycles. The number of anilines is 1. The number of nitrogens with zero attached hydrogens (tertiary/aromatic N) is 2. The molecule has 0 radical (unpaired) electrons. The second-order valence-corrected chi connectivity index (χ2v) is 10.2. The van der Waals surface area contributed by atoms with Crippen LogP contribution in [0.5, 0.6) is 5.75 Å². The number of hydrogen-bond acceptors (Lipinski definition) is 7. The zero-order valence-corrected chi connectivity index (χ0v) is 18.1. The summed E-state index contributed by atoms with van der Waals surface area (Å²) in [7, 11) is -1.67. The summed E-state index contributed by atoms with van der Waals surface area (Å²) in [4.78, 5) is 25.3. The molecule has 1 saturated heterocycles. The SMILES string of the molecule is COc1cc2c(cc1NC(=O)C1=NN([C@@H]3CCS(=O)(=O)C3)C(=O)CC1)oc1ccccc12. The van der Waals surface area contributed by atoms with Gasteiger partial charge in [0.1, 0.15) is 22.6 Å². The number of para-hydroxylation sites is 1. The number of methoxy groups -OCH3 is 1. The third-order valence-electron chi connectivity index (χ3n) is 5.82. The fraction of sp³-hybridized carbons (Fsp3) is 0.318. The van der Waals surface area contributed by atoms with E-state index in [-0.39, 0.29) is 36.0 Å². The van der Waals surface area contributed by atoms with Crippen molar-refractivity contribution in [3.05, 3.63) is 36.4 Å². The van der Waals surface area contributed by atoms with Crippen LogP contribution in [0.25, 0.3) is 21.9 Å². The molecule has 3 aromatic rings. The number of furan rings is 1. The van der Waals surface area contributed by atoms with Crippen molar-refractivity contribution < 1.29 is 27.2 Å². The summed E-state index contributed by atoms with van der Waals surface area (Å²) in [5.41, 5.74) is 1.91. The number of sulfone groups is 1. The third-order valence-corrected chi connectivity index (χ3v) is 7.57. The lowest BCUT2D eigenvalue weighted by molar-refractivity contribution is -0.133. The highest BCUT2D eigenvalue weighted by Crippen LogP contribution is 2.36. The molecule has 9 nitrogen and oxygen atoms in total. The topological polar surface area (TPSA) is 118 Å². The largest absolute Gasteiger partial charge is 0.495 e. The second-order valence-electron chi connectivity index (χ2n) is 7.94. The standard InChI is InChI=1S/C22H21N3O6S/c1-30-20-10-15-14-4-2-3-5-18(14)31-19(15)11-17(20)23-22(27)16-6-7-21(26)25(24-16)13-8-9-32(28,29)12-13/h2-5,10-11,13H,6-9,12H2,1H3,(H,23,27)/t13-/m1/s1. The monoisotopic (exact) mass is 455 g/mol. The Morgan fingerprint density at radius 3 is 2.75 bits per heavy atom. The average Bonchev–Trinajstić information content (AvgIpc) is 3.32. The van der Waals surface area contributed by atoms with Gasteiger partial charge in [-0.25, -0.2) is 13.4 Å². The molecule has 0 unspecified atom stereocenters. The third kappa shape index (κ3) is 3.60. The van der Waals surface area contributed by atoms with E-state index in [9.17, 15) is 18.0 Å². The van der Waals surface area contributed by atoms with Gasteiger partial charge in [-0.3, -0.25) is 9.59 Å². The van der Waals surface area contributed by atoms with Crippen molar-refractivity contribution in [3.63, 3.8) is 0 Å². The molecule has 2 aliphatic heterocycles. The highest BCUT2D eigenvalue weighted by molar-refractivity contribution is 7.91. The number of ether oxygens (including phenoxy) is 1. The first-order valence-electron chi connectivity index (χ1n) is 10.3. The molecule has 1 atom stereocenters. The maximum Gasteiger partial charge on any atom is 0.271 e. The summed E-state index contributed by atoms with van der Waals surface area (Å²) in [6.45, 7) is 0. The highest BCUT2D eigenvalue weighted by Gasteiger charge is 2.37. The van der Waals surface area contributed by atoms with Crippen LogP contribution >= 0.6 is 0 Å². The summed E-state index contributed by atoms with van der Waals surface area (Å²) >= 11 is 0. The number of carbonyl (C=O) groups is 2. The number of benzene rings is 2. The average molecular weight is 455 g/mol. The zero-order chi connectivity index (χ0) is 22.5. The van der Waals surface area contributed by atoms with Gasteiger partial charge >= 0.3 is 0 Å². The Morgan fingerprint density at radius 2 is 2.00 bits per heavy atom. The molecule has 1 N–H and O–H groups in total. The number of fused-ring (bicyclic) bond motifs is 3. The van der Waals surface area contributed by atoms with Crippen LogP contribution in [0, 0.1) is 0 Å². The molecular formula is C22H21N3O6S. The highest BCUT2D eigenvalue weighted by atomic mass is 32.2. The van der Waals surface area contributed by atoms with Gasteiger partial charge in [0.15, 0.2) is 9.84 Å². The van der Waals surface area contributed by atoms with Gasteiger partial charge in [0.2, 0.25) is 5.91 Å². The molecule has 1 fully saturated rings. The van der Waals surface area contributed by atoms with E-state index in [0.29, 0.717) is 23.4 Å². The quantitative estimate of drug-likeness (QED) is 0.646. The second kappa shape index (κ2) is 7.63. The van der Waals surface area contributed by atoms with Crippen LogP contribution in [0.1, 0.15) is 19.3 Å². The molecule has 3 heterocycles. The number of carbonyl (C=O) groups excluding carboxylic acids is 2. The molecule has 2 aromatic carbocycles. The summed E-state index contributed by atoms with van der Waals surface area (Å²) in [6, 6.07) is 10.6. The van der Waals surface area contributed by atoms with Crippen molar-refractivity contribution in [1.82, 2.24) is 5.01 Å². The molecule has 32 heavy (non-hydrogen) atoms. The summed E-state index contributed by atoms with van der Waals surface area (Å²) < 4.78 is 35.0. The van der Waals surface area contributed by atoms with Crippen molar-refractivity contribution in [1.29, 1.82) is 0 Å². The molecule has 166 valence electrons. The minimum atomic E-state index is -3.19. The van der Waals surface area contributed by atoms with Gasteiger partial charge in [-0.1, -0.05) is 18.2 Å². The molecule has 5 rings (SSSR count). The normalized spacial score (nSPS) is 20.5. The molecule has 0 spiro atoms. The molecule has 2 aliphatic rings. The maximum atomic E-state index is 13.0. The van der Waals surface area contributed by atoms with Crippen LogP contribution in [0.4, 0.5) is 5.69 Å². The van der Waals surface area contributed by atoms with Crippen LogP contribution < -0.4 is 10.1 Å². The van der Waals surface area contributed by atoms with Crippen LogP contribution in [-0.4, -0.2) is 55.6 Å². The molecular weight excluding hydrogens is 434 g/mol. The number of rotatable bonds is 4. The lowest BCUT2D eigenvalue weighted by Crippen LogP contribution is -2.42. The Labute approximate surface area is 183 Å². The fourth-order valence-corrected chi connectivity index (χ4v) is 5.89. The first kappa shape index (κ1) is 20.5. The Morgan fingerprint density at radius 1 is 1.19 bits per heavy atom. The van der Waals surface area contributed by atoms with Gasteiger partial charge in [0, 0.05) is 29.7 Å². The van der Waals surface area contributed by atoms with Crippen molar-refractivity contribution in [2.24, 2.45) is 5.10 Å². The van der Waals surface area contributed by atoms with E-state index < -0.39 is 21.8 Å². The van der Waals surface area contributed by atoms with E-state index in [1.807, 2.05) is 24.3 Å². The van der Waals surface area contributed by atoms with E-state index in [1.165, 1.54) is 12.1 Å². The van der Waals surface area contributed by atoms with E-state index >= 15 is 0 Å². The Balaban J connectivity index is 1.44. The fourth-order valence-electron chi connectivity index (χ4n) is 4.20. The number of hydrogen-bond donors (Lipinski definition) is 1. The molecule has 2 amide bonds. The molecule has 0 bridgehead atoms. The van der Waals surface area contributed by atoms with Crippen LogP contribution in [-0.2, 0) is 19.4 Å². The lowest BCUT2D eigenvalue weighted by Gasteiger charge is -2.27. The van der Waals surface area contributed by atoms with Crippen LogP contribution in [0.3, 0.4) is 0 Å². The number of nitrogens with one attached hydrogen (secondary N) is 1. The van der Waals surface area contributed by atoms with Crippen molar-refractivity contribution >= 4 is 55.0 Å².